The van der Waals surface area contributed by atoms with Gasteiger partial charge in [-0.1, -0.05) is 15.9 Å². The minimum absolute atomic E-state index is 0.549. The zero-order valence-corrected chi connectivity index (χ0v) is 14.5. The summed E-state index contributed by atoms with van der Waals surface area (Å²) >= 11 is 5.98. The molecule has 1 atom stereocenters. The van der Waals surface area contributed by atoms with Gasteiger partial charge < -0.3 is 10.2 Å². The Kier molecular flexibility index (Phi) is 5.92. The van der Waals surface area contributed by atoms with Crippen LogP contribution in [-0.2, 0) is 6.54 Å². The molecule has 1 aromatic rings. The van der Waals surface area contributed by atoms with Gasteiger partial charge in [0.25, 0.3) is 0 Å². The quantitative estimate of drug-likeness (QED) is 0.729. The third-order valence-corrected chi connectivity index (χ3v) is 4.82. The predicted octanol–water partition coefficient (Wildman–Crippen LogP) is 3.63. The molecule has 0 aliphatic carbocycles. The van der Waals surface area contributed by atoms with Gasteiger partial charge in [-0.15, -0.1) is 0 Å². The summed E-state index contributed by atoms with van der Waals surface area (Å²) in [6.07, 6.45) is 2.74. The Bertz CT molecular complexity index is 391. The van der Waals surface area contributed by atoms with Gasteiger partial charge in [0.2, 0.25) is 0 Å². The lowest BCUT2D eigenvalue weighted by atomic mass is 10.2. The number of nitrogens with one attached hydrogen (secondary N) is 1. The summed E-state index contributed by atoms with van der Waals surface area (Å²) in [6, 6.07) is 7.04. The fourth-order valence-electron chi connectivity index (χ4n) is 2.38. The average Bonchev–Trinajstić information content (AvgIpc) is 2.83. The van der Waals surface area contributed by atoms with Crippen molar-refractivity contribution in [1.82, 2.24) is 10.2 Å². The van der Waals surface area contributed by atoms with Crippen LogP contribution in [-0.4, -0.2) is 30.6 Å². The number of likely N-dealkylation sites (tertiary alicyclic amines) is 1. The predicted molar refractivity (Wildman–Crippen MR) is 88.8 cm³/mol. The molecular formula is C14H20BrIN2. The van der Waals surface area contributed by atoms with Crippen molar-refractivity contribution >= 4 is 38.5 Å². The molecule has 0 aromatic heterocycles. The van der Waals surface area contributed by atoms with Crippen LogP contribution in [0.25, 0.3) is 0 Å². The Hall–Kier alpha value is 0.350. The van der Waals surface area contributed by atoms with E-state index >= 15 is 0 Å². The Morgan fingerprint density at radius 3 is 2.83 bits per heavy atom. The van der Waals surface area contributed by atoms with E-state index in [9.17, 15) is 0 Å². The number of rotatable bonds is 5. The van der Waals surface area contributed by atoms with Gasteiger partial charge in [-0.3, -0.25) is 0 Å². The maximum absolute atomic E-state index is 3.62. The molecular weight excluding hydrogens is 403 g/mol. The standard InChI is InChI=1S/C14H20BrIN2/c1-11(10-18-6-2-3-7-18)17-9-12-8-13(16)4-5-14(12)15/h4-5,8,11,17H,2-3,6-7,9-10H2,1H3. The summed E-state index contributed by atoms with van der Waals surface area (Å²) in [5.74, 6) is 0. The molecule has 1 N–H and O–H groups in total. The van der Waals surface area contributed by atoms with Crippen LogP contribution in [0.2, 0.25) is 0 Å². The van der Waals surface area contributed by atoms with E-state index in [1.54, 1.807) is 0 Å². The molecule has 100 valence electrons. The van der Waals surface area contributed by atoms with Gasteiger partial charge in [0.15, 0.2) is 0 Å². The topological polar surface area (TPSA) is 15.3 Å². The van der Waals surface area contributed by atoms with E-state index in [-0.39, 0.29) is 0 Å². The second-order valence-corrected chi connectivity index (χ2v) is 7.13. The zero-order chi connectivity index (χ0) is 13.0. The van der Waals surface area contributed by atoms with Crippen LogP contribution >= 0.6 is 38.5 Å². The molecule has 0 saturated carbocycles. The molecule has 4 heteroatoms. The highest BCUT2D eigenvalue weighted by Crippen LogP contribution is 2.19. The van der Waals surface area contributed by atoms with Gasteiger partial charge in [0.1, 0.15) is 0 Å². The SMILES string of the molecule is CC(CN1CCCC1)NCc1cc(I)ccc1Br. The van der Waals surface area contributed by atoms with Crippen molar-refractivity contribution in [2.75, 3.05) is 19.6 Å². The Morgan fingerprint density at radius 1 is 1.39 bits per heavy atom. The van der Waals surface area contributed by atoms with Crippen molar-refractivity contribution in [2.24, 2.45) is 0 Å². The highest BCUT2D eigenvalue weighted by molar-refractivity contribution is 14.1. The van der Waals surface area contributed by atoms with Gasteiger partial charge in [-0.25, -0.2) is 0 Å². The molecule has 1 saturated heterocycles. The number of halogens is 2. The second-order valence-electron chi connectivity index (χ2n) is 5.03. The highest BCUT2D eigenvalue weighted by Gasteiger charge is 2.14. The van der Waals surface area contributed by atoms with E-state index in [1.165, 1.54) is 46.1 Å². The van der Waals surface area contributed by atoms with Gasteiger partial charge >= 0.3 is 0 Å². The van der Waals surface area contributed by atoms with Gasteiger partial charge in [-0.05, 0) is 79.2 Å². The highest BCUT2D eigenvalue weighted by atomic mass is 127. The van der Waals surface area contributed by atoms with Crippen LogP contribution in [0, 0.1) is 3.57 Å². The molecule has 1 heterocycles. The molecule has 1 aliphatic rings. The van der Waals surface area contributed by atoms with Crippen molar-refractivity contribution < 1.29 is 0 Å². The summed E-state index contributed by atoms with van der Waals surface area (Å²) in [6.45, 7) is 6.94. The van der Waals surface area contributed by atoms with Crippen LogP contribution in [0.1, 0.15) is 25.3 Å². The smallest absolute Gasteiger partial charge is 0.0220 e. The first-order chi connectivity index (χ1) is 8.65. The summed E-state index contributed by atoms with van der Waals surface area (Å²) in [5, 5.41) is 3.62. The van der Waals surface area contributed by atoms with E-state index in [0.717, 1.165) is 6.54 Å². The van der Waals surface area contributed by atoms with Gasteiger partial charge in [0, 0.05) is 27.2 Å². The molecule has 0 bridgehead atoms. The van der Waals surface area contributed by atoms with Crippen molar-refractivity contribution in [3.05, 3.63) is 31.8 Å². The molecule has 1 aliphatic heterocycles. The molecule has 1 aromatic carbocycles. The lowest BCUT2D eigenvalue weighted by Gasteiger charge is -2.21. The Labute approximate surface area is 132 Å². The van der Waals surface area contributed by atoms with E-state index in [4.69, 9.17) is 0 Å². The van der Waals surface area contributed by atoms with Crippen molar-refractivity contribution in [1.29, 1.82) is 0 Å². The largest absolute Gasteiger partial charge is 0.309 e. The zero-order valence-electron chi connectivity index (χ0n) is 10.8. The Balaban J connectivity index is 1.81. The minimum Gasteiger partial charge on any atom is -0.309 e. The number of benzene rings is 1. The number of hydrogen-bond donors (Lipinski definition) is 1. The molecule has 1 fully saturated rings. The summed E-state index contributed by atoms with van der Waals surface area (Å²) < 4.78 is 2.49. The normalized spacial score (nSPS) is 18.2. The Morgan fingerprint density at radius 2 is 2.11 bits per heavy atom. The molecule has 0 amide bonds. The van der Waals surface area contributed by atoms with Crippen LogP contribution in [0.15, 0.2) is 22.7 Å². The molecule has 2 nitrogen and oxygen atoms in total. The maximum atomic E-state index is 3.62. The van der Waals surface area contributed by atoms with Crippen LogP contribution < -0.4 is 5.32 Å². The lowest BCUT2D eigenvalue weighted by molar-refractivity contribution is 0.298. The van der Waals surface area contributed by atoms with Crippen LogP contribution in [0.4, 0.5) is 0 Å². The monoisotopic (exact) mass is 422 g/mol. The average molecular weight is 423 g/mol. The first-order valence-corrected chi connectivity index (χ1v) is 8.42. The van der Waals surface area contributed by atoms with Gasteiger partial charge in [-0.2, -0.15) is 0 Å². The van der Waals surface area contributed by atoms with Crippen molar-refractivity contribution in [3.63, 3.8) is 0 Å². The van der Waals surface area contributed by atoms with E-state index in [2.05, 4.69) is 73.9 Å². The number of nitrogens with zero attached hydrogens (tertiary/aromatic N) is 1. The van der Waals surface area contributed by atoms with E-state index in [1.807, 2.05) is 0 Å². The summed E-state index contributed by atoms with van der Waals surface area (Å²) in [5.41, 5.74) is 1.34. The summed E-state index contributed by atoms with van der Waals surface area (Å²) in [4.78, 5) is 2.56. The van der Waals surface area contributed by atoms with E-state index < -0.39 is 0 Å². The van der Waals surface area contributed by atoms with Gasteiger partial charge in [0.05, 0.1) is 0 Å². The lowest BCUT2D eigenvalue weighted by Crippen LogP contribution is -2.37. The fraction of sp³-hybridized carbons (Fsp3) is 0.571. The number of hydrogen-bond acceptors (Lipinski definition) is 2. The molecule has 18 heavy (non-hydrogen) atoms. The van der Waals surface area contributed by atoms with Crippen molar-refractivity contribution in [2.45, 2.75) is 32.4 Å². The third kappa shape index (κ3) is 4.47. The first kappa shape index (κ1) is 14.8. The fourth-order valence-corrected chi connectivity index (χ4v) is 3.32. The van der Waals surface area contributed by atoms with Crippen LogP contribution in [0.5, 0.6) is 0 Å². The molecule has 1 unspecified atom stereocenters. The molecule has 0 spiro atoms. The van der Waals surface area contributed by atoms with Crippen molar-refractivity contribution in [3.8, 4) is 0 Å². The minimum atomic E-state index is 0.549. The van der Waals surface area contributed by atoms with E-state index in [0.29, 0.717) is 6.04 Å². The first-order valence-electron chi connectivity index (χ1n) is 6.55. The molecule has 2 rings (SSSR count). The van der Waals surface area contributed by atoms with Crippen LogP contribution in [0.3, 0.4) is 0 Å². The second kappa shape index (κ2) is 7.22. The third-order valence-electron chi connectivity index (χ3n) is 3.38. The maximum Gasteiger partial charge on any atom is 0.0220 e. The summed E-state index contributed by atoms with van der Waals surface area (Å²) in [7, 11) is 0. The molecule has 0 radical (unpaired) electrons.